The highest BCUT2D eigenvalue weighted by atomic mass is 35.5. The maximum atomic E-state index is 13.3. The van der Waals surface area contributed by atoms with Gasteiger partial charge in [-0.1, -0.05) is 96.1 Å². The number of allylic oxidation sites excluding steroid dienone is 1. The lowest BCUT2D eigenvalue weighted by Crippen LogP contribution is -2.24. The number of carbonyl (C=O) groups is 1. The van der Waals surface area contributed by atoms with Crippen LogP contribution < -0.4 is 14.8 Å². The predicted molar refractivity (Wildman–Crippen MR) is 198 cm³/mol. The van der Waals surface area contributed by atoms with Gasteiger partial charge in [-0.2, -0.15) is 13.2 Å². The quantitative estimate of drug-likeness (QED) is 0.0524. The predicted octanol–water partition coefficient (Wildman–Crippen LogP) is 11.8. The number of alkyl halides is 4. The number of pyridine rings is 1. The van der Waals surface area contributed by atoms with Crippen LogP contribution in [0.1, 0.15) is 128 Å². The molecule has 1 atom stereocenters. The van der Waals surface area contributed by atoms with E-state index < -0.39 is 25.5 Å². The fourth-order valence-corrected chi connectivity index (χ4v) is 7.39. The lowest BCUT2D eigenvalue weighted by Gasteiger charge is -2.23. The number of aromatic nitrogens is 1. The Bertz CT molecular complexity index is 1320. The summed E-state index contributed by atoms with van der Waals surface area (Å²) in [5.41, 5.74) is 1.60. The molecule has 13 heteroatoms. The van der Waals surface area contributed by atoms with E-state index in [1.165, 1.54) is 82.5 Å². The fourth-order valence-electron chi connectivity index (χ4n) is 5.35. The van der Waals surface area contributed by atoms with Gasteiger partial charge < -0.3 is 23.8 Å². The number of halogens is 4. The molecule has 1 heterocycles. The molecule has 0 aliphatic heterocycles. The van der Waals surface area contributed by atoms with Gasteiger partial charge in [0.2, 0.25) is 5.91 Å². The maximum absolute atomic E-state index is 13.3. The van der Waals surface area contributed by atoms with Crippen molar-refractivity contribution in [1.82, 2.24) is 10.3 Å². The molecule has 0 aliphatic carbocycles. The van der Waals surface area contributed by atoms with Crippen LogP contribution in [0.15, 0.2) is 48.3 Å². The number of benzene rings is 1. The van der Waals surface area contributed by atoms with E-state index in [0.29, 0.717) is 23.6 Å². The topological polar surface area (TPSA) is 96.0 Å². The van der Waals surface area contributed by atoms with E-state index in [2.05, 4.69) is 17.2 Å². The molecule has 0 radical (unpaired) electrons. The summed E-state index contributed by atoms with van der Waals surface area (Å²) in [5.74, 6) is 0.390. The molecule has 1 N–H and O–H groups in total. The summed E-state index contributed by atoms with van der Waals surface area (Å²) in [6, 6.07) is 9.72. The second-order valence-electron chi connectivity index (χ2n) is 12.5. The number of nitrogens with zero attached hydrogens (tertiary/aromatic N) is 1. The third-order valence-electron chi connectivity index (χ3n) is 7.96. The minimum atomic E-state index is -4.44. The number of ether oxygens (including phenoxy) is 2. The lowest BCUT2D eigenvalue weighted by atomic mass is 10.0. The maximum Gasteiger partial charge on any atom is 0.422 e. The summed E-state index contributed by atoms with van der Waals surface area (Å²) in [6.07, 6.45) is 14.9. The molecule has 1 amide bonds. The molecule has 1 unspecified atom stereocenters. The number of rotatable bonds is 28. The van der Waals surface area contributed by atoms with Crippen molar-refractivity contribution in [3.05, 3.63) is 59.5 Å². The first-order chi connectivity index (χ1) is 24.5. The van der Waals surface area contributed by atoms with Crippen molar-refractivity contribution in [1.29, 1.82) is 0 Å². The second kappa shape index (κ2) is 25.4. The highest BCUT2D eigenvalue weighted by Gasteiger charge is 2.35. The normalized spacial score (nSPS) is 12.9. The average molecular weight is 761 g/mol. The molecule has 2 rings (SSSR count). The highest BCUT2D eigenvalue weighted by molar-refractivity contribution is 7.56. The molecule has 0 saturated carbocycles. The monoisotopic (exact) mass is 760 g/mol. The van der Waals surface area contributed by atoms with Crippen molar-refractivity contribution in [3.8, 4) is 11.5 Å². The minimum absolute atomic E-state index is 0.0109. The summed E-state index contributed by atoms with van der Waals surface area (Å²) in [7, 11) is -3.64. The van der Waals surface area contributed by atoms with Gasteiger partial charge in [0, 0.05) is 30.8 Å². The summed E-state index contributed by atoms with van der Waals surface area (Å²) in [5, 5.41) is 1.94. The molecule has 1 aromatic heterocycles. The minimum Gasteiger partial charge on any atom is -0.487 e. The fraction of sp³-hybridized carbons (Fsp3) is 0.632. The van der Waals surface area contributed by atoms with E-state index in [1.807, 2.05) is 0 Å². The summed E-state index contributed by atoms with van der Waals surface area (Å²) >= 11 is 6.61. The molecule has 8 nitrogen and oxygen atoms in total. The molecule has 0 saturated heterocycles. The van der Waals surface area contributed by atoms with Gasteiger partial charge in [0.25, 0.3) is 0 Å². The Balaban J connectivity index is 1.94. The number of hydrogen-bond acceptors (Lipinski definition) is 7. The zero-order valence-electron chi connectivity index (χ0n) is 30.5. The van der Waals surface area contributed by atoms with Crippen LogP contribution in [-0.2, 0) is 25.0 Å². The van der Waals surface area contributed by atoms with Crippen molar-refractivity contribution >= 4 is 31.2 Å². The molecule has 0 bridgehead atoms. The summed E-state index contributed by atoms with van der Waals surface area (Å²) in [4.78, 5) is 17.1. The number of amides is 1. The van der Waals surface area contributed by atoms with Gasteiger partial charge in [0.15, 0.2) is 6.61 Å². The van der Waals surface area contributed by atoms with Gasteiger partial charge in [0.1, 0.15) is 23.2 Å². The van der Waals surface area contributed by atoms with E-state index in [0.717, 1.165) is 24.8 Å². The van der Waals surface area contributed by atoms with E-state index >= 15 is 0 Å². The van der Waals surface area contributed by atoms with Gasteiger partial charge in [-0.3, -0.25) is 14.3 Å². The van der Waals surface area contributed by atoms with Crippen molar-refractivity contribution in [3.63, 3.8) is 0 Å². The zero-order valence-corrected chi connectivity index (χ0v) is 32.1. The molecule has 288 valence electrons. The van der Waals surface area contributed by atoms with E-state index in [9.17, 15) is 22.5 Å². The zero-order chi connectivity index (χ0) is 37.4. The second-order valence-corrected chi connectivity index (χ2v) is 15.5. The lowest BCUT2D eigenvalue weighted by molar-refractivity contribution is -0.153. The van der Waals surface area contributed by atoms with Crippen molar-refractivity contribution < 1.29 is 41.1 Å². The van der Waals surface area contributed by atoms with Crippen LogP contribution >= 0.6 is 19.2 Å². The smallest absolute Gasteiger partial charge is 0.422 e. The Morgan fingerprint density at radius 3 is 1.96 bits per heavy atom. The Morgan fingerprint density at radius 2 is 1.41 bits per heavy atom. The molecule has 51 heavy (non-hydrogen) atoms. The first kappa shape index (κ1) is 44.6. The molecule has 0 spiro atoms. The Morgan fingerprint density at radius 1 is 0.843 bits per heavy atom. The molecule has 0 fully saturated rings. The summed E-state index contributed by atoms with van der Waals surface area (Å²) < 4.78 is 72.2. The van der Waals surface area contributed by atoms with E-state index in [1.54, 1.807) is 44.2 Å². The Kier molecular flexibility index (Phi) is 22.2. The molecular weight excluding hydrogens is 704 g/mol. The number of nitrogens with one attached hydrogen (secondary N) is 1. The van der Waals surface area contributed by atoms with E-state index in [-0.39, 0.29) is 37.9 Å². The Hall–Kier alpha value is -2.59. The van der Waals surface area contributed by atoms with Gasteiger partial charge in [-0.15, -0.1) is 11.6 Å². The van der Waals surface area contributed by atoms with Crippen LogP contribution in [0, 0.1) is 0 Å². The van der Waals surface area contributed by atoms with Crippen LogP contribution in [0.3, 0.4) is 0 Å². The average Bonchev–Trinajstić information content (AvgIpc) is 3.09. The van der Waals surface area contributed by atoms with Gasteiger partial charge >= 0.3 is 13.8 Å². The molecule has 1 aromatic carbocycles. The number of unbranched alkanes of at least 4 members (excludes halogenated alkanes) is 12. The van der Waals surface area contributed by atoms with Crippen molar-refractivity contribution in [2.24, 2.45) is 0 Å². The molecule has 2 aromatic rings. The van der Waals surface area contributed by atoms with Crippen molar-refractivity contribution in [2.45, 2.75) is 135 Å². The van der Waals surface area contributed by atoms with Gasteiger partial charge in [-0.05, 0) is 50.1 Å². The first-order valence-electron chi connectivity index (χ1n) is 18.4. The third kappa shape index (κ3) is 20.3. The number of hydrogen-bond donors (Lipinski definition) is 1. The highest BCUT2D eigenvalue weighted by Crippen LogP contribution is 2.56. The van der Waals surface area contributed by atoms with Crippen LogP contribution in [0.5, 0.6) is 11.5 Å². The van der Waals surface area contributed by atoms with Crippen LogP contribution in [-0.4, -0.2) is 42.0 Å². The molecule has 0 aliphatic rings. The first-order valence-corrected chi connectivity index (χ1v) is 20.4. The largest absolute Gasteiger partial charge is 0.487 e. The third-order valence-corrected chi connectivity index (χ3v) is 10.9. The van der Waals surface area contributed by atoms with E-state index in [4.69, 9.17) is 30.1 Å². The standard InChI is InChI=1S/C38H57ClF3N2O6P/c1-4-7-8-9-10-11-12-13-14-15-16-17-18-19-37(45)44-32(28-36(39)51(46,49-5-2)50-6-3)26-31-20-22-34(23-21-31)47-29-33-27-35(24-25-43-33)48-30-38(40,41)42/h20-27,36H,4-19,28-30H2,1-3H3,(H,44,45)/b32-26-. The van der Waals surface area contributed by atoms with Gasteiger partial charge in [0.05, 0.1) is 18.9 Å². The van der Waals surface area contributed by atoms with Crippen LogP contribution in [0.2, 0.25) is 0 Å². The Labute approximate surface area is 307 Å². The van der Waals surface area contributed by atoms with Crippen LogP contribution in [0.25, 0.3) is 6.08 Å². The number of carbonyl (C=O) groups excluding carboxylic acids is 1. The van der Waals surface area contributed by atoms with Gasteiger partial charge in [-0.25, -0.2) is 0 Å². The molecular formula is C38H57ClF3N2O6P. The van der Waals surface area contributed by atoms with Crippen molar-refractivity contribution in [2.75, 3.05) is 19.8 Å². The van der Waals surface area contributed by atoms with Crippen LogP contribution in [0.4, 0.5) is 13.2 Å². The summed E-state index contributed by atoms with van der Waals surface area (Å²) in [6.45, 7) is 4.60. The SMILES string of the molecule is CCCCCCCCCCCCCCCC(=O)N/C(=C\c1ccc(OCc2cc(OCC(F)(F)F)ccn2)cc1)CC(Cl)P(=O)(OCC)OCC.